The van der Waals surface area contributed by atoms with Crippen molar-refractivity contribution in [3.05, 3.63) is 75.3 Å². The summed E-state index contributed by atoms with van der Waals surface area (Å²) in [5.41, 5.74) is 5.32. The van der Waals surface area contributed by atoms with E-state index in [1.54, 1.807) is 46.7 Å². The number of rotatable bonds is 4. The van der Waals surface area contributed by atoms with Crippen LogP contribution in [-0.4, -0.2) is 63.7 Å². The lowest BCUT2D eigenvalue weighted by atomic mass is 9.71. The van der Waals surface area contributed by atoms with Crippen molar-refractivity contribution in [2.45, 2.75) is 39.0 Å². The summed E-state index contributed by atoms with van der Waals surface area (Å²) in [4.78, 5) is 51.2. The molecule has 10 heteroatoms. The van der Waals surface area contributed by atoms with Crippen molar-refractivity contribution in [3.63, 3.8) is 0 Å². The number of piperidine rings is 2. The molecule has 3 aliphatic rings. The normalized spacial score (nSPS) is 18.6. The number of nitrogens with zero attached hydrogens (tertiary/aromatic N) is 4. The van der Waals surface area contributed by atoms with Gasteiger partial charge in [0.05, 0.1) is 16.6 Å². The molecule has 3 aromatic rings. The van der Waals surface area contributed by atoms with Gasteiger partial charge in [0.25, 0.3) is 5.91 Å². The number of furan rings is 1. The van der Waals surface area contributed by atoms with Gasteiger partial charge < -0.3 is 19.5 Å². The lowest BCUT2D eigenvalue weighted by molar-refractivity contribution is -0.128. The Morgan fingerprint density at radius 2 is 1.90 bits per heavy atom. The topological polar surface area (TPSA) is 109 Å². The number of nitrogens with one attached hydrogen (secondary N) is 1. The highest BCUT2D eigenvalue weighted by Gasteiger charge is 2.45. The van der Waals surface area contributed by atoms with Crippen LogP contribution in [0.3, 0.4) is 0 Å². The lowest BCUT2D eigenvalue weighted by Gasteiger charge is -2.42. The van der Waals surface area contributed by atoms with E-state index in [2.05, 4.69) is 21.4 Å². The second kappa shape index (κ2) is 10.8. The van der Waals surface area contributed by atoms with Crippen LogP contribution in [0.25, 0.3) is 12.2 Å². The van der Waals surface area contributed by atoms with E-state index in [0.717, 1.165) is 29.7 Å². The molecule has 206 valence electrons. The first-order valence-corrected chi connectivity index (χ1v) is 14.5. The van der Waals surface area contributed by atoms with Crippen LogP contribution in [0.2, 0.25) is 0 Å². The van der Waals surface area contributed by atoms with Gasteiger partial charge in [0.2, 0.25) is 11.8 Å². The van der Waals surface area contributed by atoms with Crippen molar-refractivity contribution in [1.29, 1.82) is 0 Å². The molecule has 6 heterocycles. The fourth-order valence-corrected chi connectivity index (χ4v) is 6.24. The fraction of sp³-hybridized carbons (Fsp3) is 0.367. The molecular weight excluding hydrogens is 526 g/mol. The average molecular weight is 558 g/mol. The maximum atomic E-state index is 13.1. The minimum atomic E-state index is -0.583. The van der Waals surface area contributed by atoms with Crippen LogP contribution in [0.1, 0.15) is 58.8 Å². The second-order valence-corrected chi connectivity index (χ2v) is 11.5. The molecule has 40 heavy (non-hydrogen) atoms. The van der Waals surface area contributed by atoms with E-state index in [1.165, 1.54) is 5.57 Å². The molecule has 0 unspecified atom stereocenters. The zero-order valence-electron chi connectivity index (χ0n) is 22.4. The first kappa shape index (κ1) is 26.2. The summed E-state index contributed by atoms with van der Waals surface area (Å²) in [5.74, 6) is 1.40. The third-order valence-corrected chi connectivity index (χ3v) is 8.73. The molecule has 0 aromatic carbocycles. The molecular formula is C30H31N5O4S. The predicted octanol–water partition coefficient (Wildman–Crippen LogP) is 4.58. The quantitative estimate of drug-likeness (QED) is 0.471. The number of carbonyl (C=O) groups is 3. The van der Waals surface area contributed by atoms with E-state index < -0.39 is 5.41 Å². The molecule has 6 rings (SSSR count). The molecule has 3 aromatic heterocycles. The number of pyridine rings is 1. The van der Waals surface area contributed by atoms with Gasteiger partial charge in [-0.15, -0.1) is 11.3 Å². The summed E-state index contributed by atoms with van der Waals surface area (Å²) in [7, 11) is 0. The maximum Gasteiger partial charge on any atom is 0.289 e. The molecule has 9 nitrogen and oxygen atoms in total. The number of fused-ring (bicyclic) bond motifs is 1. The monoisotopic (exact) mass is 557 g/mol. The minimum absolute atomic E-state index is 0.0148. The number of likely N-dealkylation sites (tertiary alicyclic amines) is 2. The van der Waals surface area contributed by atoms with E-state index in [0.29, 0.717) is 62.8 Å². The molecule has 0 radical (unpaired) electrons. The van der Waals surface area contributed by atoms with Gasteiger partial charge in [0.1, 0.15) is 11.6 Å². The van der Waals surface area contributed by atoms with Gasteiger partial charge in [-0.1, -0.05) is 5.57 Å². The fourth-order valence-electron chi connectivity index (χ4n) is 5.73. The Kier molecular flexibility index (Phi) is 7.10. The molecule has 3 aliphatic heterocycles. The summed E-state index contributed by atoms with van der Waals surface area (Å²) in [6, 6.07) is 5.48. The molecule has 2 fully saturated rings. The van der Waals surface area contributed by atoms with E-state index in [9.17, 15) is 14.4 Å². The molecule has 2 saturated heterocycles. The number of anilines is 1. The van der Waals surface area contributed by atoms with Crippen molar-refractivity contribution < 1.29 is 18.8 Å². The number of carbonyl (C=O) groups excluding carboxylic acids is 3. The first-order valence-electron chi connectivity index (χ1n) is 13.6. The first-order chi connectivity index (χ1) is 19.4. The number of amides is 3. The van der Waals surface area contributed by atoms with Crippen LogP contribution in [0.5, 0.6) is 0 Å². The Bertz CT molecular complexity index is 1490. The van der Waals surface area contributed by atoms with Gasteiger partial charge >= 0.3 is 0 Å². The number of aromatic nitrogens is 2. The maximum absolute atomic E-state index is 13.1. The van der Waals surface area contributed by atoms with E-state index in [4.69, 9.17) is 4.42 Å². The van der Waals surface area contributed by atoms with Gasteiger partial charge in [0, 0.05) is 43.8 Å². The zero-order chi connectivity index (χ0) is 27.7. The number of aryl methyl sites for hydroxylation is 1. The van der Waals surface area contributed by atoms with Gasteiger partial charge in [-0.2, -0.15) is 0 Å². The smallest absolute Gasteiger partial charge is 0.289 e. The highest BCUT2D eigenvalue weighted by molar-refractivity contribution is 7.07. The Balaban J connectivity index is 1.07. The van der Waals surface area contributed by atoms with Crippen LogP contribution < -0.4 is 5.32 Å². The molecule has 1 spiro atoms. The van der Waals surface area contributed by atoms with Crippen molar-refractivity contribution in [3.8, 4) is 0 Å². The Hall–Kier alpha value is -4.05. The van der Waals surface area contributed by atoms with Crippen molar-refractivity contribution in [2.24, 2.45) is 5.41 Å². The molecule has 0 saturated carbocycles. The third-order valence-electron chi connectivity index (χ3n) is 8.13. The highest BCUT2D eigenvalue weighted by Crippen LogP contribution is 2.41. The minimum Gasteiger partial charge on any atom is -0.456 e. The number of thiazole rings is 1. The van der Waals surface area contributed by atoms with Crippen LogP contribution in [-0.2, 0) is 16.0 Å². The predicted molar refractivity (Wildman–Crippen MR) is 153 cm³/mol. The molecule has 0 atom stereocenters. The van der Waals surface area contributed by atoms with Crippen molar-refractivity contribution in [2.75, 3.05) is 31.5 Å². The van der Waals surface area contributed by atoms with Gasteiger partial charge in [-0.3, -0.25) is 14.4 Å². The third kappa shape index (κ3) is 5.36. The molecule has 0 aliphatic carbocycles. The summed E-state index contributed by atoms with van der Waals surface area (Å²) in [5, 5.41) is 5.01. The van der Waals surface area contributed by atoms with E-state index in [1.807, 2.05) is 28.8 Å². The Morgan fingerprint density at radius 1 is 1.10 bits per heavy atom. The Labute approximate surface area is 236 Å². The van der Waals surface area contributed by atoms with Crippen LogP contribution in [0.15, 0.2) is 51.4 Å². The SMILES string of the molecule is Cc1ccc(C(=O)N2CCC3(CC2)Cc2cc(/C=C/C(=O)N4CCC(=Cc5cscn5)CC4)cnc2NC3=O)o1. The number of hydrogen-bond acceptors (Lipinski definition) is 7. The zero-order valence-corrected chi connectivity index (χ0v) is 23.2. The molecule has 3 amide bonds. The number of hydrogen-bond donors (Lipinski definition) is 1. The average Bonchev–Trinajstić information content (AvgIpc) is 3.65. The summed E-state index contributed by atoms with van der Waals surface area (Å²) >= 11 is 1.58. The highest BCUT2D eigenvalue weighted by atomic mass is 32.1. The lowest BCUT2D eigenvalue weighted by Crippen LogP contribution is -2.51. The Morgan fingerprint density at radius 3 is 2.60 bits per heavy atom. The van der Waals surface area contributed by atoms with Gasteiger partial charge in [-0.25, -0.2) is 9.97 Å². The van der Waals surface area contributed by atoms with Crippen LogP contribution in [0, 0.1) is 12.3 Å². The summed E-state index contributed by atoms with van der Waals surface area (Å²) < 4.78 is 5.50. The van der Waals surface area contributed by atoms with Crippen molar-refractivity contribution >= 4 is 47.0 Å². The van der Waals surface area contributed by atoms with Crippen LogP contribution in [0.4, 0.5) is 5.82 Å². The summed E-state index contributed by atoms with van der Waals surface area (Å²) in [6.07, 6.45) is 10.6. The van der Waals surface area contributed by atoms with Gasteiger partial charge in [0.15, 0.2) is 5.76 Å². The van der Waals surface area contributed by atoms with Gasteiger partial charge in [-0.05, 0) is 80.5 Å². The largest absolute Gasteiger partial charge is 0.456 e. The summed E-state index contributed by atoms with van der Waals surface area (Å²) in [6.45, 7) is 4.16. The molecule has 1 N–H and O–H groups in total. The molecule has 0 bridgehead atoms. The van der Waals surface area contributed by atoms with E-state index >= 15 is 0 Å². The standard InChI is InChI=1S/C30H31N5O4S/c1-20-2-4-25(39-20)28(37)35-12-8-30(9-13-35)16-23-14-22(17-31-27(23)33-29(30)38)3-5-26(36)34-10-6-21(7-11-34)15-24-18-40-19-32-24/h2-5,14-15,17-19H,6-13,16H2,1H3,(H,31,33,38)/b5-3+. The second-order valence-electron chi connectivity index (χ2n) is 10.8. The van der Waals surface area contributed by atoms with E-state index in [-0.39, 0.29) is 17.7 Å². The van der Waals surface area contributed by atoms with Crippen LogP contribution >= 0.6 is 11.3 Å². The van der Waals surface area contributed by atoms with Crippen molar-refractivity contribution in [1.82, 2.24) is 19.8 Å².